The summed E-state index contributed by atoms with van der Waals surface area (Å²) in [6.07, 6.45) is 2.59. The van der Waals surface area contributed by atoms with E-state index in [1.54, 1.807) is 13.3 Å². The number of hydrogen-bond acceptors (Lipinski definition) is 6. The van der Waals surface area contributed by atoms with Crippen LogP contribution >= 0.6 is 0 Å². The molecule has 2 rings (SSSR count). The third-order valence-electron chi connectivity index (χ3n) is 2.91. The van der Waals surface area contributed by atoms with Crippen LogP contribution in [-0.2, 0) is 0 Å². The van der Waals surface area contributed by atoms with Gasteiger partial charge in [0.2, 0.25) is 5.95 Å². The predicted octanol–water partition coefficient (Wildman–Crippen LogP) is 2.83. The van der Waals surface area contributed by atoms with Gasteiger partial charge in [0.15, 0.2) is 5.82 Å². The van der Waals surface area contributed by atoms with Crippen molar-refractivity contribution < 1.29 is 4.74 Å². The highest BCUT2D eigenvalue weighted by atomic mass is 16.5. The lowest BCUT2D eigenvalue weighted by molar-refractivity contribution is 0.415. The molecule has 0 amide bonds. The first kappa shape index (κ1) is 14.0. The van der Waals surface area contributed by atoms with E-state index in [0.29, 0.717) is 17.8 Å². The van der Waals surface area contributed by atoms with Crippen molar-refractivity contribution in [2.75, 3.05) is 17.7 Å². The van der Waals surface area contributed by atoms with Crippen LogP contribution in [0.3, 0.4) is 0 Å². The van der Waals surface area contributed by atoms with E-state index in [2.05, 4.69) is 39.7 Å². The molecule has 1 heterocycles. The Labute approximate surface area is 118 Å². The van der Waals surface area contributed by atoms with Gasteiger partial charge in [-0.3, -0.25) is 0 Å². The maximum absolute atomic E-state index is 5.12. The van der Waals surface area contributed by atoms with Gasteiger partial charge in [0.1, 0.15) is 5.75 Å². The van der Waals surface area contributed by atoms with Gasteiger partial charge in [0, 0.05) is 11.7 Å². The van der Waals surface area contributed by atoms with E-state index < -0.39 is 0 Å². The molecule has 1 atom stereocenters. The lowest BCUT2D eigenvalue weighted by Crippen LogP contribution is -2.16. The molecule has 2 aromatic rings. The molecule has 0 saturated heterocycles. The maximum Gasteiger partial charge on any atom is 0.244 e. The highest BCUT2D eigenvalue weighted by molar-refractivity contribution is 5.57. The molecule has 6 nitrogen and oxygen atoms in total. The van der Waals surface area contributed by atoms with Gasteiger partial charge in [-0.1, -0.05) is 6.92 Å². The van der Waals surface area contributed by atoms with Crippen LogP contribution in [0.4, 0.5) is 17.5 Å². The number of hydrogen-bond donors (Lipinski definition) is 2. The van der Waals surface area contributed by atoms with Crippen molar-refractivity contribution in [1.82, 2.24) is 15.2 Å². The number of rotatable bonds is 6. The highest BCUT2D eigenvalue weighted by Crippen LogP contribution is 2.18. The zero-order valence-electron chi connectivity index (χ0n) is 11.9. The molecule has 2 N–H and O–H groups in total. The molecule has 106 valence electrons. The molecule has 1 aromatic carbocycles. The third kappa shape index (κ3) is 3.81. The lowest BCUT2D eigenvalue weighted by atomic mass is 10.3. The minimum Gasteiger partial charge on any atom is -0.497 e. The van der Waals surface area contributed by atoms with Gasteiger partial charge in [0.05, 0.1) is 13.3 Å². The smallest absolute Gasteiger partial charge is 0.244 e. The molecule has 20 heavy (non-hydrogen) atoms. The fourth-order valence-corrected chi connectivity index (χ4v) is 1.57. The molecular formula is C14H19N5O. The van der Waals surface area contributed by atoms with E-state index in [-0.39, 0.29) is 0 Å². The number of benzene rings is 1. The van der Waals surface area contributed by atoms with Crippen molar-refractivity contribution in [3.63, 3.8) is 0 Å². The van der Waals surface area contributed by atoms with Crippen molar-refractivity contribution in [3.8, 4) is 5.75 Å². The molecule has 0 aliphatic carbocycles. The fourth-order valence-electron chi connectivity index (χ4n) is 1.57. The fraction of sp³-hybridized carbons (Fsp3) is 0.357. The molecule has 0 saturated carbocycles. The second-order valence-corrected chi connectivity index (χ2v) is 4.47. The maximum atomic E-state index is 5.12. The summed E-state index contributed by atoms with van der Waals surface area (Å²) >= 11 is 0. The van der Waals surface area contributed by atoms with Crippen molar-refractivity contribution in [2.24, 2.45) is 0 Å². The Bertz CT molecular complexity index is 544. The Balaban J connectivity index is 2.06. The standard InChI is InChI=1S/C14H19N5O/c1-4-10(2)16-14-18-13(9-15-19-14)17-11-5-7-12(20-3)8-6-11/h5-10H,4H2,1-3H3,(H2,16,17,18,19). The first-order valence-electron chi connectivity index (χ1n) is 6.58. The zero-order chi connectivity index (χ0) is 14.4. The zero-order valence-corrected chi connectivity index (χ0v) is 11.9. The predicted molar refractivity (Wildman–Crippen MR) is 79.5 cm³/mol. The van der Waals surface area contributed by atoms with E-state index >= 15 is 0 Å². The van der Waals surface area contributed by atoms with Gasteiger partial charge < -0.3 is 15.4 Å². The van der Waals surface area contributed by atoms with Gasteiger partial charge in [-0.25, -0.2) is 0 Å². The number of anilines is 3. The molecular weight excluding hydrogens is 254 g/mol. The summed E-state index contributed by atoms with van der Waals surface area (Å²) in [6, 6.07) is 7.92. The van der Waals surface area contributed by atoms with Crippen LogP contribution in [0.5, 0.6) is 5.75 Å². The van der Waals surface area contributed by atoms with Crippen LogP contribution in [0.25, 0.3) is 0 Å². The Morgan fingerprint density at radius 3 is 2.65 bits per heavy atom. The quantitative estimate of drug-likeness (QED) is 0.843. The summed E-state index contributed by atoms with van der Waals surface area (Å²) in [4.78, 5) is 4.37. The van der Waals surface area contributed by atoms with Crippen LogP contribution in [-0.4, -0.2) is 28.3 Å². The van der Waals surface area contributed by atoms with E-state index in [0.717, 1.165) is 17.9 Å². The average Bonchev–Trinajstić information content (AvgIpc) is 2.48. The van der Waals surface area contributed by atoms with Crippen LogP contribution < -0.4 is 15.4 Å². The number of nitrogens with one attached hydrogen (secondary N) is 2. The molecule has 0 aliphatic heterocycles. The summed E-state index contributed by atoms with van der Waals surface area (Å²) in [7, 11) is 1.64. The van der Waals surface area contributed by atoms with E-state index in [9.17, 15) is 0 Å². The van der Waals surface area contributed by atoms with Gasteiger partial charge in [-0.15, -0.1) is 5.10 Å². The average molecular weight is 273 g/mol. The largest absolute Gasteiger partial charge is 0.497 e. The highest BCUT2D eigenvalue weighted by Gasteiger charge is 2.04. The van der Waals surface area contributed by atoms with Crippen molar-refractivity contribution in [3.05, 3.63) is 30.5 Å². The second kappa shape index (κ2) is 6.70. The van der Waals surface area contributed by atoms with E-state index in [4.69, 9.17) is 4.74 Å². The van der Waals surface area contributed by atoms with Crippen LogP contribution in [0.15, 0.2) is 30.5 Å². The summed E-state index contributed by atoms with van der Waals surface area (Å²) < 4.78 is 5.12. The molecule has 0 radical (unpaired) electrons. The monoisotopic (exact) mass is 273 g/mol. The van der Waals surface area contributed by atoms with Crippen LogP contribution in [0.2, 0.25) is 0 Å². The number of methoxy groups -OCH3 is 1. The summed E-state index contributed by atoms with van der Waals surface area (Å²) in [5, 5.41) is 14.3. The number of ether oxygens (including phenoxy) is 1. The summed E-state index contributed by atoms with van der Waals surface area (Å²) in [6.45, 7) is 4.18. The molecule has 0 aliphatic rings. The lowest BCUT2D eigenvalue weighted by Gasteiger charge is -2.11. The van der Waals surface area contributed by atoms with Crippen molar-refractivity contribution in [1.29, 1.82) is 0 Å². The Kier molecular flexibility index (Phi) is 4.70. The van der Waals surface area contributed by atoms with Gasteiger partial charge in [0.25, 0.3) is 0 Å². The SMILES string of the molecule is CCC(C)Nc1nncc(Nc2ccc(OC)cc2)n1. The Morgan fingerprint density at radius 2 is 2.00 bits per heavy atom. The second-order valence-electron chi connectivity index (χ2n) is 4.47. The first-order chi connectivity index (χ1) is 9.71. The van der Waals surface area contributed by atoms with E-state index in [1.807, 2.05) is 24.3 Å². The number of aromatic nitrogens is 3. The topological polar surface area (TPSA) is 72.0 Å². The third-order valence-corrected chi connectivity index (χ3v) is 2.91. The normalized spacial score (nSPS) is 11.8. The molecule has 0 bridgehead atoms. The molecule has 0 fully saturated rings. The Morgan fingerprint density at radius 1 is 1.25 bits per heavy atom. The van der Waals surface area contributed by atoms with Gasteiger partial charge in [-0.2, -0.15) is 10.1 Å². The van der Waals surface area contributed by atoms with Crippen LogP contribution in [0.1, 0.15) is 20.3 Å². The number of nitrogens with zero attached hydrogens (tertiary/aromatic N) is 3. The first-order valence-corrected chi connectivity index (χ1v) is 6.58. The van der Waals surface area contributed by atoms with E-state index in [1.165, 1.54) is 0 Å². The molecule has 1 aromatic heterocycles. The minimum absolute atomic E-state index is 0.313. The molecule has 0 spiro atoms. The van der Waals surface area contributed by atoms with Gasteiger partial charge >= 0.3 is 0 Å². The van der Waals surface area contributed by atoms with Crippen LogP contribution in [0, 0.1) is 0 Å². The summed E-state index contributed by atoms with van der Waals surface area (Å²) in [5.41, 5.74) is 0.917. The Hall–Kier alpha value is -2.37. The van der Waals surface area contributed by atoms with Crippen molar-refractivity contribution in [2.45, 2.75) is 26.3 Å². The van der Waals surface area contributed by atoms with Crippen molar-refractivity contribution >= 4 is 17.5 Å². The molecule has 6 heteroatoms. The summed E-state index contributed by atoms with van der Waals surface area (Å²) in [5.74, 6) is 1.99. The van der Waals surface area contributed by atoms with Gasteiger partial charge in [-0.05, 0) is 37.6 Å². The minimum atomic E-state index is 0.313. The molecule has 1 unspecified atom stereocenters.